The molecular formula is C42H27BO25S. The highest BCUT2D eigenvalue weighted by atomic mass is 32.1. The number of phenols is 25. The first-order valence-corrected chi connectivity index (χ1v) is 19.6. The molecule has 0 radical (unpaired) electrons. The summed E-state index contributed by atoms with van der Waals surface area (Å²) in [6, 6.07) is 0. The molecule has 9 aromatic rings. The molecular weight excluding hydrogens is 947 g/mol. The van der Waals surface area contributed by atoms with Crippen molar-refractivity contribution in [1.29, 1.82) is 0 Å². The molecule has 0 saturated carbocycles. The van der Waals surface area contributed by atoms with E-state index in [4.69, 9.17) is 0 Å². The maximum absolute atomic E-state index is 12.1. The molecule has 0 saturated heterocycles. The lowest BCUT2D eigenvalue weighted by Crippen LogP contribution is -2.08. The number of hydrogen-bond acceptors (Lipinski definition) is 26. The first-order valence-electron chi connectivity index (χ1n) is 18.7. The minimum Gasteiger partial charge on any atom is -0.506 e. The minimum atomic E-state index is -1.75. The monoisotopic (exact) mass is 974 g/mol. The van der Waals surface area contributed by atoms with E-state index >= 15 is 0 Å². The Morgan fingerprint density at radius 3 is 0.768 bits per heavy atom. The van der Waals surface area contributed by atoms with Gasteiger partial charge in [-0.05, 0) is 5.46 Å². The Labute approximate surface area is 381 Å². The van der Waals surface area contributed by atoms with Crippen molar-refractivity contribution in [2.45, 2.75) is 0 Å². The van der Waals surface area contributed by atoms with Gasteiger partial charge in [-0.3, -0.25) is 0 Å². The van der Waals surface area contributed by atoms with Gasteiger partial charge >= 0.3 is 0 Å². The van der Waals surface area contributed by atoms with E-state index in [0.717, 1.165) is 7.85 Å². The molecule has 1 heterocycles. The summed E-state index contributed by atoms with van der Waals surface area (Å²) in [5.74, 6) is -37.6. The number of rotatable bonds is 3. The van der Waals surface area contributed by atoms with Crippen LogP contribution in [0.1, 0.15) is 0 Å². The number of benzene rings is 8. The smallest absolute Gasteiger partial charge is 0.204 e. The fourth-order valence-electron chi connectivity index (χ4n) is 8.71. The van der Waals surface area contributed by atoms with Crippen LogP contribution >= 0.6 is 11.3 Å². The van der Waals surface area contributed by atoms with Crippen molar-refractivity contribution in [3.05, 3.63) is 0 Å². The topological polar surface area (TPSA) is 506 Å². The largest absolute Gasteiger partial charge is 0.506 e. The first kappa shape index (κ1) is 44.0. The fraction of sp³-hybridized carbons (Fsp3) is 0. The van der Waals surface area contributed by atoms with Crippen LogP contribution < -0.4 is 5.46 Å². The fourth-order valence-corrected chi connectivity index (χ4v) is 10.1. The van der Waals surface area contributed by atoms with Crippen molar-refractivity contribution in [2.75, 3.05) is 0 Å². The Kier molecular flexibility index (Phi) is 8.73. The highest BCUT2D eigenvalue weighted by molar-refractivity contribution is 7.27. The standard InChI is InChI=1S/C42H27BO25S/c43-15-7(23(51)39(67)40(68)31(15)59)11-27(55)33(61)29(57)13-14-30(58)34(62)28(56)12(42(14)69-41(11)13)10-17(45)9(25(53)32(60)26(10)54)8-16(44)1-2(18(46)24(8)52)4-6(22(50)38(66)36(64)20(4)48)5-3(1)19(47)35(63)37(65)21(5)49/h44-68H,43H2. The SMILES string of the molecule is Bc1c(O)c(O)c(O)c(O)c1-c1c(O)c(O)c(O)c2c1sc1c(-c3c(O)c(O)c(O)c(-c4c(O)c(O)c5c6c(O)c(O)c(O)c(O)c6c6c(O)c(O)c(O)c(O)c6c5c4O)c3O)c(O)c(O)c(O)c12. The van der Waals surface area contributed by atoms with Gasteiger partial charge in [-0.25, -0.2) is 0 Å². The van der Waals surface area contributed by atoms with Gasteiger partial charge in [-0.15, -0.1) is 11.3 Å². The van der Waals surface area contributed by atoms with Gasteiger partial charge in [0.2, 0.25) is 51.7 Å². The third kappa shape index (κ3) is 5.00. The molecule has 0 atom stereocenters. The minimum absolute atomic E-state index is 0.182. The lowest BCUT2D eigenvalue weighted by atomic mass is 9.83. The molecule has 354 valence electrons. The maximum Gasteiger partial charge on any atom is 0.204 e. The van der Waals surface area contributed by atoms with Crippen LogP contribution in [-0.4, -0.2) is 136 Å². The molecule has 0 unspecified atom stereocenters. The molecule has 0 fully saturated rings. The summed E-state index contributed by atoms with van der Waals surface area (Å²) in [4.78, 5) is 0. The van der Waals surface area contributed by atoms with Crippen molar-refractivity contribution in [2.24, 2.45) is 0 Å². The zero-order valence-electron chi connectivity index (χ0n) is 33.6. The summed E-state index contributed by atoms with van der Waals surface area (Å²) in [5.41, 5.74) is -7.59. The second-order valence-electron chi connectivity index (χ2n) is 15.4. The lowest BCUT2D eigenvalue weighted by molar-refractivity contribution is 0.348. The molecule has 25 N–H and O–H groups in total. The zero-order valence-corrected chi connectivity index (χ0v) is 34.4. The molecule has 0 spiro atoms. The molecule has 0 aliphatic heterocycles. The summed E-state index contributed by atoms with van der Waals surface area (Å²) in [7, 11) is 1.03. The Balaban J connectivity index is 1.50. The summed E-state index contributed by atoms with van der Waals surface area (Å²) in [6.07, 6.45) is 0. The average Bonchev–Trinajstić information content (AvgIpc) is 3.71. The van der Waals surface area contributed by atoms with Gasteiger partial charge in [0, 0.05) is 43.4 Å². The Morgan fingerprint density at radius 2 is 0.377 bits per heavy atom. The third-order valence-electron chi connectivity index (χ3n) is 12.0. The summed E-state index contributed by atoms with van der Waals surface area (Å²) < 4.78 is -1.36. The van der Waals surface area contributed by atoms with E-state index in [2.05, 4.69) is 0 Å². The average molecular weight is 975 g/mol. The van der Waals surface area contributed by atoms with E-state index in [1.165, 1.54) is 0 Å². The third-order valence-corrected chi connectivity index (χ3v) is 13.2. The highest BCUT2D eigenvalue weighted by Gasteiger charge is 2.39. The Morgan fingerprint density at radius 1 is 0.174 bits per heavy atom. The van der Waals surface area contributed by atoms with Crippen LogP contribution in [0.5, 0.6) is 144 Å². The molecule has 25 nitrogen and oxygen atoms in total. The maximum atomic E-state index is 12.1. The molecule has 0 bridgehead atoms. The predicted octanol–water partition coefficient (Wildman–Crippen LogP) is 3.41. The van der Waals surface area contributed by atoms with Crippen LogP contribution in [0.15, 0.2) is 0 Å². The van der Waals surface area contributed by atoms with Gasteiger partial charge in [0.05, 0.1) is 42.4 Å². The van der Waals surface area contributed by atoms with E-state index in [9.17, 15) is 128 Å². The van der Waals surface area contributed by atoms with Gasteiger partial charge in [0.1, 0.15) is 19.3 Å². The number of fused-ring (bicyclic) bond motifs is 9. The van der Waals surface area contributed by atoms with Gasteiger partial charge < -0.3 is 128 Å². The van der Waals surface area contributed by atoms with E-state index < -0.39 is 235 Å². The molecule has 1 aromatic heterocycles. The Hall–Kier alpha value is -10.2. The lowest BCUT2D eigenvalue weighted by Gasteiger charge is -2.22. The second kappa shape index (κ2) is 13.7. The van der Waals surface area contributed by atoms with Crippen molar-refractivity contribution < 1.29 is 128 Å². The quantitative estimate of drug-likeness (QED) is 0.0522. The number of hydrogen-bond donors (Lipinski definition) is 25. The van der Waals surface area contributed by atoms with E-state index in [0.29, 0.717) is 0 Å². The summed E-state index contributed by atoms with van der Waals surface area (Å²) >= 11 is 0.182. The van der Waals surface area contributed by atoms with Crippen LogP contribution in [0.25, 0.3) is 85.9 Å². The molecule has 27 heteroatoms. The van der Waals surface area contributed by atoms with Crippen molar-refractivity contribution in [1.82, 2.24) is 0 Å². The molecule has 0 aliphatic carbocycles. The van der Waals surface area contributed by atoms with Crippen LogP contribution in [0.4, 0.5) is 0 Å². The predicted molar refractivity (Wildman–Crippen MR) is 238 cm³/mol. The van der Waals surface area contributed by atoms with Gasteiger partial charge in [0.15, 0.2) is 80.5 Å². The molecule has 0 aliphatic rings. The molecule has 69 heavy (non-hydrogen) atoms. The first-order chi connectivity index (χ1) is 32.2. The second-order valence-corrected chi connectivity index (χ2v) is 16.4. The van der Waals surface area contributed by atoms with Crippen molar-refractivity contribution in [3.63, 3.8) is 0 Å². The molecule has 0 amide bonds. The van der Waals surface area contributed by atoms with Crippen LogP contribution in [-0.2, 0) is 0 Å². The number of thiophene rings is 1. The highest BCUT2D eigenvalue weighted by Crippen LogP contribution is 2.69. The van der Waals surface area contributed by atoms with Gasteiger partial charge in [-0.2, -0.15) is 0 Å². The van der Waals surface area contributed by atoms with Gasteiger partial charge in [-0.1, -0.05) is 0 Å². The number of aromatic hydroxyl groups is 25. The normalized spacial score (nSPS) is 11.8. The number of phenolic OH excluding ortho intramolecular Hbond substituents is 25. The summed E-state index contributed by atoms with van der Waals surface area (Å²) in [5, 5.41) is 269. The van der Waals surface area contributed by atoms with Crippen LogP contribution in [0, 0.1) is 0 Å². The van der Waals surface area contributed by atoms with E-state index in [-0.39, 0.29) is 11.3 Å². The zero-order chi connectivity index (χ0) is 51.0. The van der Waals surface area contributed by atoms with E-state index in [1.54, 1.807) is 0 Å². The van der Waals surface area contributed by atoms with Gasteiger partial charge in [0.25, 0.3) is 0 Å². The summed E-state index contributed by atoms with van der Waals surface area (Å²) in [6.45, 7) is 0. The van der Waals surface area contributed by atoms with Crippen molar-refractivity contribution in [3.8, 4) is 177 Å². The Bertz CT molecular complexity index is 3900. The van der Waals surface area contributed by atoms with Crippen molar-refractivity contribution >= 4 is 77.1 Å². The van der Waals surface area contributed by atoms with Crippen LogP contribution in [0.2, 0.25) is 0 Å². The molecule has 8 aromatic carbocycles. The van der Waals surface area contributed by atoms with E-state index in [1.807, 2.05) is 0 Å². The van der Waals surface area contributed by atoms with Crippen LogP contribution in [0.3, 0.4) is 0 Å². The molecule has 9 rings (SSSR count).